The molecule has 19 heavy (non-hydrogen) atoms. The minimum Gasteiger partial charge on any atom is -0.361 e. The van der Waals surface area contributed by atoms with Crippen LogP contribution < -0.4 is 0 Å². The summed E-state index contributed by atoms with van der Waals surface area (Å²) in [5.41, 5.74) is 3.29. The number of hydrogen-bond donors (Lipinski definition) is 1. The minimum absolute atomic E-state index is 0.146. The van der Waals surface area contributed by atoms with Gasteiger partial charge >= 0.3 is 0 Å². The molecule has 1 N–H and O–H groups in total. The normalized spacial score (nSPS) is 13.1. The molecule has 2 rings (SSSR count). The number of aryl methyl sites for hydroxylation is 1. The molecular weight excluding hydrogens is 240 g/mol. The summed E-state index contributed by atoms with van der Waals surface area (Å²) in [6.07, 6.45) is 3.01. The van der Waals surface area contributed by atoms with E-state index in [1.54, 1.807) is 0 Å². The average molecular weight is 260 g/mol. The number of H-pyrrole nitrogens is 1. The Hall–Kier alpha value is -1.84. The average Bonchev–Trinajstić information content (AvgIpc) is 2.70. The molecule has 0 aliphatic heterocycles. The van der Waals surface area contributed by atoms with E-state index < -0.39 is 6.04 Å². The van der Waals surface area contributed by atoms with Gasteiger partial charge in [-0.1, -0.05) is 26.0 Å². The van der Waals surface area contributed by atoms with Gasteiger partial charge in [0.05, 0.1) is 0 Å². The van der Waals surface area contributed by atoms with Crippen molar-refractivity contribution in [2.45, 2.75) is 39.7 Å². The van der Waals surface area contributed by atoms with Gasteiger partial charge in [-0.3, -0.25) is 10.1 Å². The third-order valence-corrected chi connectivity index (χ3v) is 3.42. The van der Waals surface area contributed by atoms with Gasteiger partial charge in [-0.15, -0.1) is 0 Å². The second-order valence-corrected chi connectivity index (χ2v) is 5.64. The zero-order chi connectivity index (χ0) is 14.0. The molecule has 0 aliphatic carbocycles. The molecule has 0 saturated heterocycles. The lowest BCUT2D eigenvalue weighted by Gasteiger charge is -2.11. The summed E-state index contributed by atoms with van der Waals surface area (Å²) in [6, 6.07) is 5.66. The van der Waals surface area contributed by atoms with Crippen molar-refractivity contribution in [1.29, 1.82) is 0 Å². The summed E-state index contributed by atoms with van der Waals surface area (Å²) in [7, 11) is 0. The van der Waals surface area contributed by atoms with E-state index in [0.717, 1.165) is 16.5 Å². The van der Waals surface area contributed by atoms with Gasteiger partial charge in [0, 0.05) is 34.9 Å². The number of rotatable bonds is 5. The Morgan fingerprint density at radius 1 is 1.37 bits per heavy atom. The third kappa shape index (κ3) is 3.13. The van der Waals surface area contributed by atoms with E-state index in [2.05, 4.69) is 11.1 Å². The highest BCUT2D eigenvalue weighted by atomic mass is 16.6. The van der Waals surface area contributed by atoms with Crippen molar-refractivity contribution in [3.05, 3.63) is 45.6 Å². The standard InChI is InChI=1S/C15H20N2O2/c1-10(2)6-13(17(18)19)8-12-9-16-15-7-11(3)4-5-14(12)15/h4-5,7,9-10,13,16H,6,8H2,1-3H3/t13-/m1/s1. The molecule has 0 saturated carbocycles. The Morgan fingerprint density at radius 2 is 2.11 bits per heavy atom. The summed E-state index contributed by atoms with van der Waals surface area (Å²) in [6.45, 7) is 6.09. The van der Waals surface area contributed by atoms with Gasteiger partial charge in [-0.2, -0.15) is 0 Å². The number of aromatic nitrogens is 1. The summed E-state index contributed by atoms with van der Waals surface area (Å²) in [5.74, 6) is 0.336. The quantitative estimate of drug-likeness (QED) is 0.658. The van der Waals surface area contributed by atoms with Crippen LogP contribution in [0.1, 0.15) is 31.4 Å². The molecule has 0 radical (unpaired) electrons. The monoisotopic (exact) mass is 260 g/mol. The number of nitrogens with zero attached hydrogens (tertiary/aromatic N) is 1. The number of nitro groups is 1. The van der Waals surface area contributed by atoms with Gasteiger partial charge in [0.1, 0.15) is 0 Å². The maximum absolute atomic E-state index is 11.1. The highest BCUT2D eigenvalue weighted by Gasteiger charge is 2.23. The lowest BCUT2D eigenvalue weighted by Crippen LogP contribution is -2.24. The number of nitrogens with one attached hydrogen (secondary N) is 1. The van der Waals surface area contributed by atoms with Gasteiger partial charge in [0.15, 0.2) is 0 Å². The van der Waals surface area contributed by atoms with Crippen LogP contribution in [-0.2, 0) is 6.42 Å². The Morgan fingerprint density at radius 3 is 2.74 bits per heavy atom. The highest BCUT2D eigenvalue weighted by molar-refractivity contribution is 5.83. The van der Waals surface area contributed by atoms with Gasteiger partial charge in [-0.05, 0) is 30.0 Å². The van der Waals surface area contributed by atoms with E-state index in [1.165, 1.54) is 5.56 Å². The van der Waals surface area contributed by atoms with Crippen LogP contribution >= 0.6 is 0 Å². The maximum Gasteiger partial charge on any atom is 0.217 e. The van der Waals surface area contributed by atoms with Crippen molar-refractivity contribution in [3.63, 3.8) is 0 Å². The lowest BCUT2D eigenvalue weighted by atomic mass is 9.97. The molecule has 0 bridgehead atoms. The molecule has 0 amide bonds. The van der Waals surface area contributed by atoms with E-state index in [4.69, 9.17) is 0 Å². The third-order valence-electron chi connectivity index (χ3n) is 3.42. The SMILES string of the molecule is Cc1ccc2c(C[C@@H](CC(C)C)[N+](=O)[O-])c[nH]c2c1. The first-order valence-corrected chi connectivity index (χ1v) is 6.67. The molecule has 0 spiro atoms. The summed E-state index contributed by atoms with van der Waals surface area (Å²) < 4.78 is 0. The number of benzene rings is 1. The molecule has 0 fully saturated rings. The number of aromatic amines is 1. The maximum atomic E-state index is 11.1. The summed E-state index contributed by atoms with van der Waals surface area (Å²) >= 11 is 0. The summed E-state index contributed by atoms with van der Waals surface area (Å²) in [4.78, 5) is 14.2. The second-order valence-electron chi connectivity index (χ2n) is 5.64. The first-order valence-electron chi connectivity index (χ1n) is 6.67. The van der Waals surface area contributed by atoms with Crippen LogP contribution in [0.4, 0.5) is 0 Å². The van der Waals surface area contributed by atoms with Crippen molar-refractivity contribution in [3.8, 4) is 0 Å². The fourth-order valence-corrected chi connectivity index (χ4v) is 2.51. The van der Waals surface area contributed by atoms with E-state index in [-0.39, 0.29) is 4.92 Å². The van der Waals surface area contributed by atoms with Gasteiger partial charge in [0.2, 0.25) is 6.04 Å². The Kier molecular flexibility index (Phi) is 3.88. The fourth-order valence-electron chi connectivity index (χ4n) is 2.51. The first-order chi connectivity index (χ1) is 8.97. The van der Waals surface area contributed by atoms with Crippen molar-refractivity contribution in [1.82, 2.24) is 4.98 Å². The van der Waals surface area contributed by atoms with Gasteiger partial charge in [0.25, 0.3) is 0 Å². The second kappa shape index (κ2) is 5.43. The van der Waals surface area contributed by atoms with Crippen LogP contribution in [0.5, 0.6) is 0 Å². The first kappa shape index (κ1) is 13.6. The summed E-state index contributed by atoms with van der Waals surface area (Å²) in [5, 5.41) is 12.2. The Labute approximate surface area is 113 Å². The van der Waals surface area contributed by atoms with Gasteiger partial charge in [-0.25, -0.2) is 0 Å². The van der Waals surface area contributed by atoms with Crippen molar-refractivity contribution in [2.75, 3.05) is 0 Å². The molecule has 1 heterocycles. The van der Waals surface area contributed by atoms with Crippen LogP contribution in [0.3, 0.4) is 0 Å². The molecular formula is C15H20N2O2. The zero-order valence-corrected chi connectivity index (χ0v) is 11.6. The molecule has 1 aromatic carbocycles. The van der Waals surface area contributed by atoms with Gasteiger partial charge < -0.3 is 4.98 Å². The van der Waals surface area contributed by atoms with Crippen LogP contribution in [-0.4, -0.2) is 15.9 Å². The van der Waals surface area contributed by atoms with Crippen LogP contribution in [0.25, 0.3) is 10.9 Å². The fraction of sp³-hybridized carbons (Fsp3) is 0.467. The molecule has 2 aromatic rings. The molecule has 1 aromatic heterocycles. The molecule has 0 aliphatic rings. The van der Waals surface area contributed by atoms with Crippen molar-refractivity contribution < 1.29 is 4.92 Å². The molecule has 1 atom stereocenters. The topological polar surface area (TPSA) is 58.9 Å². The van der Waals surface area contributed by atoms with E-state index in [0.29, 0.717) is 18.8 Å². The molecule has 0 unspecified atom stereocenters. The van der Waals surface area contributed by atoms with Crippen molar-refractivity contribution >= 4 is 10.9 Å². The molecule has 102 valence electrons. The zero-order valence-electron chi connectivity index (χ0n) is 11.6. The van der Waals surface area contributed by atoms with Crippen molar-refractivity contribution in [2.24, 2.45) is 5.92 Å². The highest BCUT2D eigenvalue weighted by Crippen LogP contribution is 2.23. The largest absolute Gasteiger partial charge is 0.361 e. The van der Waals surface area contributed by atoms with E-state index in [1.807, 2.05) is 39.1 Å². The molecule has 4 heteroatoms. The minimum atomic E-state index is -0.500. The van der Waals surface area contributed by atoms with E-state index >= 15 is 0 Å². The predicted octanol–water partition coefficient (Wildman–Crippen LogP) is 3.71. The smallest absolute Gasteiger partial charge is 0.217 e. The van der Waals surface area contributed by atoms with Crippen LogP contribution in [0.2, 0.25) is 0 Å². The Bertz CT molecular complexity index is 587. The Balaban J connectivity index is 2.26. The number of fused-ring (bicyclic) bond motifs is 1. The van der Waals surface area contributed by atoms with E-state index in [9.17, 15) is 10.1 Å². The lowest BCUT2D eigenvalue weighted by molar-refractivity contribution is -0.524. The number of hydrogen-bond acceptors (Lipinski definition) is 2. The molecule has 4 nitrogen and oxygen atoms in total. The van der Waals surface area contributed by atoms with Crippen LogP contribution in [0.15, 0.2) is 24.4 Å². The van der Waals surface area contributed by atoms with Crippen LogP contribution in [0, 0.1) is 23.0 Å². The predicted molar refractivity (Wildman–Crippen MR) is 77.0 cm³/mol.